The van der Waals surface area contributed by atoms with Crippen molar-refractivity contribution in [3.05, 3.63) is 66.6 Å². The Morgan fingerprint density at radius 2 is 1.74 bits per heavy atom. The minimum absolute atomic E-state index is 0.194. The topological polar surface area (TPSA) is 101 Å². The number of aromatic nitrogens is 3. The van der Waals surface area contributed by atoms with Crippen LogP contribution >= 0.6 is 11.8 Å². The Kier molecular flexibility index (Phi) is 7.61. The summed E-state index contributed by atoms with van der Waals surface area (Å²) < 4.78 is 23.4. The summed E-state index contributed by atoms with van der Waals surface area (Å²) in [5.41, 5.74) is 1.42. The van der Waals surface area contributed by atoms with Crippen molar-refractivity contribution in [1.29, 1.82) is 0 Å². The van der Waals surface area contributed by atoms with E-state index < -0.39 is 5.25 Å². The maximum Gasteiger partial charge on any atom is 0.237 e. The van der Waals surface area contributed by atoms with Gasteiger partial charge in [0.1, 0.15) is 23.0 Å². The number of anilines is 1. The maximum atomic E-state index is 13.0. The summed E-state index contributed by atoms with van der Waals surface area (Å²) in [4.78, 5) is 13.0. The van der Waals surface area contributed by atoms with Crippen molar-refractivity contribution in [3.8, 4) is 28.6 Å². The number of benzene rings is 2. The van der Waals surface area contributed by atoms with Crippen LogP contribution in [-0.4, -0.2) is 47.3 Å². The zero-order chi connectivity index (χ0) is 24.8. The Balaban J connectivity index is 1.58. The van der Waals surface area contributed by atoms with Gasteiger partial charge >= 0.3 is 0 Å². The smallest absolute Gasteiger partial charge is 0.237 e. The number of methoxy groups -OCH3 is 3. The van der Waals surface area contributed by atoms with Crippen LogP contribution in [0.4, 0.5) is 5.69 Å². The molecule has 9 nitrogen and oxygen atoms in total. The predicted octanol–water partition coefficient (Wildman–Crippen LogP) is 4.73. The summed E-state index contributed by atoms with van der Waals surface area (Å²) >= 11 is 1.31. The number of ether oxygens (including phenoxy) is 3. The van der Waals surface area contributed by atoms with Crippen molar-refractivity contribution in [2.45, 2.75) is 23.9 Å². The van der Waals surface area contributed by atoms with E-state index in [9.17, 15) is 4.79 Å². The maximum absolute atomic E-state index is 13.0. The number of hydrogen-bond acceptors (Lipinski definition) is 8. The molecular formula is C25H26N4O5S. The van der Waals surface area contributed by atoms with Gasteiger partial charge in [-0.1, -0.05) is 23.9 Å². The van der Waals surface area contributed by atoms with Crippen LogP contribution in [0, 0.1) is 0 Å². The Morgan fingerprint density at radius 1 is 1.00 bits per heavy atom. The third-order valence-corrected chi connectivity index (χ3v) is 6.29. The molecule has 1 N–H and O–H groups in total. The molecule has 1 amide bonds. The van der Waals surface area contributed by atoms with Crippen molar-refractivity contribution >= 4 is 23.4 Å². The second kappa shape index (κ2) is 11.0. The molecule has 2 heterocycles. The standard InChI is InChI=1S/C25H26N4O5S/c1-16(24(30)26-18-12-21(32-3)14-22(13-18)33-4)35-25-28-27-23(17-7-5-8-19(11-17)31-2)29(25)15-20-9-6-10-34-20/h5-14,16H,15H2,1-4H3,(H,26,30). The molecule has 0 saturated heterocycles. The van der Waals surface area contributed by atoms with E-state index in [2.05, 4.69) is 15.5 Å². The molecule has 4 rings (SSSR count). The first kappa shape index (κ1) is 24.2. The fraction of sp³-hybridized carbons (Fsp3) is 0.240. The minimum atomic E-state index is -0.468. The highest BCUT2D eigenvalue weighted by Crippen LogP contribution is 2.31. The van der Waals surface area contributed by atoms with Crippen molar-refractivity contribution in [1.82, 2.24) is 14.8 Å². The molecule has 10 heteroatoms. The van der Waals surface area contributed by atoms with E-state index in [4.69, 9.17) is 18.6 Å². The van der Waals surface area contributed by atoms with Crippen LogP contribution in [0.3, 0.4) is 0 Å². The van der Waals surface area contributed by atoms with Crippen LogP contribution in [0.15, 0.2) is 70.4 Å². The molecule has 0 saturated carbocycles. The molecule has 0 bridgehead atoms. The summed E-state index contributed by atoms with van der Waals surface area (Å²) in [6.45, 7) is 2.23. The zero-order valence-electron chi connectivity index (χ0n) is 19.8. The van der Waals surface area contributed by atoms with E-state index in [1.54, 1.807) is 45.8 Å². The number of amides is 1. The third-order valence-electron chi connectivity index (χ3n) is 5.21. The molecule has 0 fully saturated rings. The number of hydrogen-bond donors (Lipinski definition) is 1. The predicted molar refractivity (Wildman–Crippen MR) is 133 cm³/mol. The van der Waals surface area contributed by atoms with E-state index in [0.29, 0.717) is 40.5 Å². The van der Waals surface area contributed by atoms with E-state index in [1.165, 1.54) is 11.8 Å². The first-order chi connectivity index (χ1) is 17.0. The number of carbonyl (C=O) groups is 1. The van der Waals surface area contributed by atoms with Gasteiger partial charge < -0.3 is 23.9 Å². The Morgan fingerprint density at radius 3 is 2.40 bits per heavy atom. The lowest BCUT2D eigenvalue weighted by Gasteiger charge is -2.14. The number of thioether (sulfide) groups is 1. The van der Waals surface area contributed by atoms with Crippen molar-refractivity contribution < 1.29 is 23.4 Å². The molecule has 2 aromatic carbocycles. The molecular weight excluding hydrogens is 468 g/mol. The summed E-state index contributed by atoms with van der Waals surface area (Å²) in [5.74, 6) is 3.08. The van der Waals surface area contributed by atoms with E-state index >= 15 is 0 Å². The number of nitrogens with one attached hydrogen (secondary N) is 1. The highest BCUT2D eigenvalue weighted by atomic mass is 32.2. The van der Waals surface area contributed by atoms with Gasteiger partial charge in [0, 0.05) is 29.4 Å². The van der Waals surface area contributed by atoms with Gasteiger partial charge in [-0.05, 0) is 31.2 Å². The van der Waals surface area contributed by atoms with Crippen LogP contribution < -0.4 is 19.5 Å². The molecule has 35 heavy (non-hydrogen) atoms. The monoisotopic (exact) mass is 494 g/mol. The number of nitrogens with zero attached hydrogens (tertiary/aromatic N) is 3. The molecule has 1 atom stereocenters. The fourth-order valence-corrected chi connectivity index (χ4v) is 4.24. The zero-order valence-corrected chi connectivity index (χ0v) is 20.7. The van der Waals surface area contributed by atoms with Gasteiger partial charge in [0.05, 0.1) is 39.4 Å². The largest absolute Gasteiger partial charge is 0.497 e. The van der Waals surface area contributed by atoms with Gasteiger partial charge in [0.25, 0.3) is 0 Å². The molecule has 0 aliphatic rings. The van der Waals surface area contributed by atoms with Gasteiger partial charge in [-0.2, -0.15) is 0 Å². The highest BCUT2D eigenvalue weighted by molar-refractivity contribution is 8.00. The SMILES string of the molecule is COc1cc(NC(=O)C(C)Sc2nnc(-c3cccc(OC)c3)n2Cc2ccco2)cc(OC)c1. The minimum Gasteiger partial charge on any atom is -0.497 e. The molecule has 4 aromatic rings. The van der Waals surface area contributed by atoms with Gasteiger partial charge in [-0.15, -0.1) is 10.2 Å². The van der Waals surface area contributed by atoms with Crippen molar-refractivity contribution in [2.24, 2.45) is 0 Å². The Hall–Kier alpha value is -3.92. The third kappa shape index (κ3) is 5.78. The lowest BCUT2D eigenvalue weighted by atomic mass is 10.2. The second-order valence-corrected chi connectivity index (χ2v) is 8.86. The van der Waals surface area contributed by atoms with E-state index in [-0.39, 0.29) is 5.91 Å². The first-order valence-corrected chi connectivity index (χ1v) is 11.7. The van der Waals surface area contributed by atoms with Gasteiger partial charge in [-0.3, -0.25) is 9.36 Å². The Bertz CT molecular complexity index is 1270. The van der Waals surface area contributed by atoms with Crippen LogP contribution in [0.25, 0.3) is 11.4 Å². The van der Waals surface area contributed by atoms with Crippen LogP contribution in [0.1, 0.15) is 12.7 Å². The van der Waals surface area contributed by atoms with Gasteiger partial charge in [0.2, 0.25) is 5.91 Å². The number of rotatable bonds is 10. The molecule has 0 spiro atoms. The lowest BCUT2D eigenvalue weighted by Crippen LogP contribution is -2.23. The Labute approximate surface area is 207 Å². The average Bonchev–Trinajstić information content (AvgIpc) is 3.54. The lowest BCUT2D eigenvalue weighted by molar-refractivity contribution is -0.115. The summed E-state index contributed by atoms with van der Waals surface area (Å²) in [7, 11) is 4.74. The van der Waals surface area contributed by atoms with Crippen molar-refractivity contribution in [2.75, 3.05) is 26.6 Å². The molecule has 1 unspecified atom stereocenters. The average molecular weight is 495 g/mol. The summed E-state index contributed by atoms with van der Waals surface area (Å²) in [5, 5.41) is 11.8. The summed E-state index contributed by atoms with van der Waals surface area (Å²) in [6, 6.07) is 16.5. The van der Waals surface area contributed by atoms with Crippen LogP contribution in [-0.2, 0) is 11.3 Å². The molecule has 2 aromatic heterocycles. The highest BCUT2D eigenvalue weighted by Gasteiger charge is 2.22. The molecule has 0 aliphatic heterocycles. The van der Waals surface area contributed by atoms with Crippen molar-refractivity contribution in [3.63, 3.8) is 0 Å². The number of furan rings is 1. The second-order valence-electron chi connectivity index (χ2n) is 7.55. The quantitative estimate of drug-likeness (QED) is 0.316. The summed E-state index contributed by atoms with van der Waals surface area (Å²) in [6.07, 6.45) is 1.62. The van der Waals surface area contributed by atoms with Crippen LogP contribution in [0.5, 0.6) is 17.2 Å². The normalized spacial score (nSPS) is 11.7. The van der Waals surface area contributed by atoms with Gasteiger partial charge in [0.15, 0.2) is 11.0 Å². The fourth-order valence-electron chi connectivity index (χ4n) is 3.39. The van der Waals surface area contributed by atoms with Crippen LogP contribution in [0.2, 0.25) is 0 Å². The number of carbonyl (C=O) groups excluding carboxylic acids is 1. The molecule has 0 radical (unpaired) electrons. The molecule has 0 aliphatic carbocycles. The molecule has 182 valence electrons. The van der Waals surface area contributed by atoms with Gasteiger partial charge in [-0.25, -0.2) is 0 Å². The van der Waals surface area contributed by atoms with E-state index in [1.807, 2.05) is 47.9 Å². The first-order valence-electron chi connectivity index (χ1n) is 10.8. The van der Waals surface area contributed by atoms with E-state index in [0.717, 1.165) is 11.3 Å².